The van der Waals surface area contributed by atoms with Crippen molar-refractivity contribution in [3.05, 3.63) is 76.5 Å². The molecule has 1 amide bonds. The van der Waals surface area contributed by atoms with Gasteiger partial charge in [-0.2, -0.15) is 0 Å². The van der Waals surface area contributed by atoms with Gasteiger partial charge in [-0.15, -0.1) is 17.9 Å². The first-order valence-corrected chi connectivity index (χ1v) is 15.9. The molecule has 1 aliphatic heterocycles. The first-order valence-electron chi connectivity index (χ1n) is 13.2. The number of carbonyl (C=O) groups excluding carboxylic acids is 1. The maximum atomic E-state index is 14.0. The normalized spacial score (nSPS) is 17.1. The zero-order valence-corrected chi connectivity index (χ0v) is 25.6. The Morgan fingerprint density at radius 3 is 2.65 bits per heavy atom. The highest BCUT2D eigenvalue weighted by Crippen LogP contribution is 2.31. The highest BCUT2D eigenvalue weighted by molar-refractivity contribution is 7.91. The monoisotopic (exact) mass is 607 g/mol. The van der Waals surface area contributed by atoms with Crippen molar-refractivity contribution in [1.29, 1.82) is 0 Å². The van der Waals surface area contributed by atoms with Gasteiger partial charge in [0.1, 0.15) is 4.21 Å². The Kier molecular flexibility index (Phi) is 11.5. The number of hydrogen-bond acceptors (Lipinski definition) is 8. The van der Waals surface area contributed by atoms with Gasteiger partial charge in [0, 0.05) is 36.3 Å². The molecule has 1 aliphatic carbocycles. The number of nitrogens with zero attached hydrogens (tertiary/aromatic N) is 2. The molecule has 12 heteroatoms. The second kappa shape index (κ2) is 14.6. The number of halogens is 1. The number of nitrogens with one attached hydrogen (secondary N) is 3. The summed E-state index contributed by atoms with van der Waals surface area (Å²) in [7, 11) is -2.43. The molecule has 0 spiro atoms. The average Bonchev–Trinajstić information content (AvgIpc) is 3.57. The summed E-state index contributed by atoms with van der Waals surface area (Å²) in [6.07, 6.45) is 12.3. The van der Waals surface area contributed by atoms with E-state index in [1.807, 2.05) is 31.0 Å². The number of hydrogen-bond donors (Lipinski definition) is 3. The number of rotatable bonds is 14. The van der Waals surface area contributed by atoms with Gasteiger partial charge < -0.3 is 20.5 Å². The summed E-state index contributed by atoms with van der Waals surface area (Å²) in [6, 6.07) is 3.10. The molecule has 40 heavy (non-hydrogen) atoms. The number of carbonyl (C=O) groups is 1. The van der Waals surface area contributed by atoms with Crippen LogP contribution in [0.15, 0.2) is 81.4 Å². The Bertz CT molecular complexity index is 1320. The minimum Gasteiger partial charge on any atom is -0.480 e. The van der Waals surface area contributed by atoms with Crippen molar-refractivity contribution >= 4 is 45.1 Å². The number of thiophene rings is 1. The van der Waals surface area contributed by atoms with Crippen molar-refractivity contribution in [2.75, 3.05) is 7.11 Å². The zero-order chi connectivity index (χ0) is 29.3. The molecule has 1 unspecified atom stereocenters. The number of allylic oxidation sites excluding steroid dienone is 4. The van der Waals surface area contributed by atoms with Gasteiger partial charge in [-0.3, -0.25) is 9.52 Å². The Morgan fingerprint density at radius 1 is 1.35 bits per heavy atom. The largest absolute Gasteiger partial charge is 0.480 e. The third-order valence-corrected chi connectivity index (χ3v) is 9.73. The fourth-order valence-corrected chi connectivity index (χ4v) is 7.24. The highest BCUT2D eigenvalue weighted by atomic mass is 35.5. The smallest absolute Gasteiger partial charge is 0.271 e. The van der Waals surface area contributed by atoms with Crippen LogP contribution in [0.5, 0.6) is 0 Å². The molecular weight excluding hydrogens is 570 g/mol. The van der Waals surface area contributed by atoms with Gasteiger partial charge in [0.2, 0.25) is 11.8 Å². The van der Waals surface area contributed by atoms with E-state index in [1.54, 1.807) is 12.3 Å². The van der Waals surface area contributed by atoms with E-state index in [0.717, 1.165) is 54.0 Å². The maximum absolute atomic E-state index is 14.0. The van der Waals surface area contributed by atoms with Gasteiger partial charge in [0.25, 0.3) is 10.0 Å². The highest BCUT2D eigenvalue weighted by Gasteiger charge is 2.32. The van der Waals surface area contributed by atoms with Crippen molar-refractivity contribution in [2.45, 2.75) is 69.0 Å². The first kappa shape index (κ1) is 31.5. The Labute approximate surface area is 246 Å². The number of ether oxygens (including phenoxy) is 1. The molecule has 1 fully saturated rings. The van der Waals surface area contributed by atoms with Gasteiger partial charge in [-0.05, 0) is 50.3 Å². The van der Waals surface area contributed by atoms with Crippen LogP contribution in [-0.2, 0) is 19.6 Å². The van der Waals surface area contributed by atoms with Crippen LogP contribution in [0.25, 0.3) is 0 Å². The summed E-state index contributed by atoms with van der Waals surface area (Å²) >= 11 is 6.89. The molecule has 218 valence electrons. The van der Waals surface area contributed by atoms with Crippen LogP contribution in [0.4, 0.5) is 0 Å². The van der Waals surface area contributed by atoms with Gasteiger partial charge >= 0.3 is 0 Å². The van der Waals surface area contributed by atoms with E-state index in [0.29, 0.717) is 22.9 Å². The van der Waals surface area contributed by atoms with Crippen LogP contribution < -0.4 is 15.6 Å². The summed E-state index contributed by atoms with van der Waals surface area (Å²) in [4.78, 5) is 20.3. The molecule has 2 heterocycles. The lowest BCUT2D eigenvalue weighted by molar-refractivity contribution is -0.134. The minimum atomic E-state index is -3.86. The van der Waals surface area contributed by atoms with E-state index in [2.05, 4.69) is 33.7 Å². The number of hydrazine groups is 1. The Balaban J connectivity index is 1.80. The molecule has 0 bridgehead atoms. The Hall–Kier alpha value is -3.02. The van der Waals surface area contributed by atoms with Crippen molar-refractivity contribution in [2.24, 2.45) is 10.9 Å². The van der Waals surface area contributed by atoms with Crippen molar-refractivity contribution in [3.8, 4) is 0 Å². The SMILES string of the molecule is C=CC(CC1=CCC(NS(=O)(=O)c2ccc(Cl)s2)=C(OC)N=C1)C(=O)N(/C(=C/NNC(=C)C)CC)C1CCCC1. The summed E-state index contributed by atoms with van der Waals surface area (Å²) in [5.41, 5.74) is 8.73. The second-order valence-electron chi connectivity index (χ2n) is 9.62. The molecule has 0 aromatic carbocycles. The number of methoxy groups -OCH3 is 1. The Morgan fingerprint density at radius 2 is 2.08 bits per heavy atom. The summed E-state index contributed by atoms with van der Waals surface area (Å²) in [5, 5.41) is 0. The van der Waals surface area contributed by atoms with E-state index in [4.69, 9.17) is 16.3 Å². The third-order valence-electron chi connectivity index (χ3n) is 6.62. The molecule has 3 rings (SSSR count). The molecule has 1 saturated carbocycles. The van der Waals surface area contributed by atoms with Crippen molar-refractivity contribution in [1.82, 2.24) is 20.5 Å². The fraction of sp³-hybridized carbons (Fsp3) is 0.429. The van der Waals surface area contributed by atoms with Crippen LogP contribution in [0, 0.1) is 5.92 Å². The lowest BCUT2D eigenvalue weighted by atomic mass is 9.96. The molecule has 1 aromatic heterocycles. The van der Waals surface area contributed by atoms with Gasteiger partial charge in [-0.1, -0.05) is 50.1 Å². The predicted octanol–water partition coefficient (Wildman–Crippen LogP) is 5.74. The lowest BCUT2D eigenvalue weighted by Crippen LogP contribution is -2.42. The van der Waals surface area contributed by atoms with Crippen LogP contribution >= 0.6 is 22.9 Å². The summed E-state index contributed by atoms with van der Waals surface area (Å²) in [5.74, 6) is -0.375. The molecule has 0 saturated heterocycles. The number of aliphatic imine (C=N–C) groups is 1. The molecule has 1 atom stereocenters. The van der Waals surface area contributed by atoms with Crippen LogP contribution in [-0.4, -0.2) is 38.6 Å². The fourth-order valence-electron chi connectivity index (χ4n) is 4.65. The van der Waals surface area contributed by atoms with E-state index in [-0.39, 0.29) is 28.5 Å². The molecule has 0 radical (unpaired) electrons. The predicted molar refractivity (Wildman–Crippen MR) is 162 cm³/mol. The van der Waals surface area contributed by atoms with Crippen LogP contribution in [0.3, 0.4) is 0 Å². The van der Waals surface area contributed by atoms with E-state index >= 15 is 0 Å². The number of sulfonamides is 1. The van der Waals surface area contributed by atoms with Gasteiger partial charge in [-0.25, -0.2) is 13.4 Å². The van der Waals surface area contributed by atoms with Crippen LogP contribution in [0.2, 0.25) is 4.34 Å². The molecule has 1 aromatic rings. The van der Waals surface area contributed by atoms with Crippen molar-refractivity contribution in [3.63, 3.8) is 0 Å². The quantitative estimate of drug-likeness (QED) is 0.184. The molecule has 2 aliphatic rings. The number of amides is 1. The zero-order valence-electron chi connectivity index (χ0n) is 23.2. The first-order chi connectivity index (χ1) is 19.1. The van der Waals surface area contributed by atoms with Crippen molar-refractivity contribution < 1.29 is 17.9 Å². The van der Waals surface area contributed by atoms with Crippen LogP contribution in [0.1, 0.15) is 58.8 Å². The van der Waals surface area contributed by atoms with E-state index in [1.165, 1.54) is 19.2 Å². The van der Waals surface area contributed by atoms with E-state index < -0.39 is 15.9 Å². The van der Waals surface area contributed by atoms with Gasteiger partial charge in [0.15, 0.2) is 0 Å². The third kappa shape index (κ3) is 8.25. The van der Waals surface area contributed by atoms with Gasteiger partial charge in [0.05, 0.1) is 23.1 Å². The standard InChI is InChI=1S/C28H38ClN5O4S2/c1-6-21(28(35)34(23-10-8-9-11-23)22(7-2)18-31-32-19(3)4)16-20-12-13-24(27(38-5)30-17-20)33-40(36,37)26-15-14-25(29)39-26/h6,12,14-15,17-18,21,23,31-33H,1,3,7-11,13,16H2,2,4-5H3/b22-18+. The molecule has 9 nitrogen and oxygen atoms in total. The lowest BCUT2D eigenvalue weighted by Gasteiger charge is -2.33. The average molecular weight is 608 g/mol. The van der Waals surface area contributed by atoms with E-state index in [9.17, 15) is 13.2 Å². The summed E-state index contributed by atoms with van der Waals surface area (Å²) < 4.78 is 34.2. The maximum Gasteiger partial charge on any atom is 0.271 e. The minimum absolute atomic E-state index is 0.0268. The topological polar surface area (TPSA) is 112 Å². The molecular formula is C28H38ClN5O4S2. The molecule has 3 N–H and O–H groups in total. The summed E-state index contributed by atoms with van der Waals surface area (Å²) in [6.45, 7) is 11.7. The second-order valence-corrected chi connectivity index (χ2v) is 13.2.